The molecule has 0 spiro atoms. The van der Waals surface area contributed by atoms with Gasteiger partial charge in [0, 0.05) is 13.1 Å². The normalized spacial score (nSPS) is 14.9. The molecule has 0 saturated heterocycles. The van der Waals surface area contributed by atoms with Crippen LogP contribution < -0.4 is 0 Å². The molecule has 6 nitrogen and oxygen atoms in total. The fourth-order valence-corrected chi connectivity index (χ4v) is 2.36. The molecule has 0 fully saturated rings. The first kappa shape index (κ1) is 13.7. The van der Waals surface area contributed by atoms with Crippen LogP contribution in [-0.2, 0) is 17.8 Å². The summed E-state index contributed by atoms with van der Waals surface area (Å²) in [4.78, 5) is 18.2. The molecule has 112 valence electrons. The Balaban J connectivity index is 1.77. The molecular weight excluding hydrogens is 270 g/mol. The lowest BCUT2D eigenvalue weighted by atomic mass is 10.2. The van der Waals surface area contributed by atoms with Gasteiger partial charge >= 0.3 is 6.09 Å². The largest absolute Gasteiger partial charge is 0.463 e. The van der Waals surface area contributed by atoms with Crippen LogP contribution in [-0.4, -0.2) is 32.7 Å². The zero-order valence-electron chi connectivity index (χ0n) is 12.5. The van der Waals surface area contributed by atoms with Gasteiger partial charge in [-0.3, -0.25) is 4.90 Å². The van der Waals surface area contributed by atoms with Crippen molar-refractivity contribution in [3.8, 4) is 11.5 Å². The molecular formula is C15H19N3O3. The van der Waals surface area contributed by atoms with Gasteiger partial charge in [0.05, 0.1) is 19.0 Å². The molecule has 0 saturated carbocycles. The van der Waals surface area contributed by atoms with E-state index in [-0.39, 0.29) is 6.09 Å². The Morgan fingerprint density at radius 2 is 2.19 bits per heavy atom. The fraction of sp³-hybridized carbons (Fsp3) is 0.467. The molecule has 3 heterocycles. The highest BCUT2D eigenvalue weighted by Gasteiger charge is 2.27. The lowest BCUT2D eigenvalue weighted by molar-refractivity contribution is 0.0196. The fourth-order valence-electron chi connectivity index (χ4n) is 2.36. The van der Waals surface area contributed by atoms with E-state index in [1.165, 1.54) is 0 Å². The smallest absolute Gasteiger partial charge is 0.410 e. The van der Waals surface area contributed by atoms with Crippen molar-refractivity contribution in [3.63, 3.8) is 0 Å². The molecule has 0 aliphatic carbocycles. The Bertz CT molecular complexity index is 638. The molecule has 0 unspecified atom stereocenters. The summed E-state index contributed by atoms with van der Waals surface area (Å²) in [5, 5.41) is 0. The molecule has 1 amide bonds. The van der Waals surface area contributed by atoms with Gasteiger partial charge in [-0.2, -0.15) is 0 Å². The number of ether oxygens (including phenoxy) is 1. The van der Waals surface area contributed by atoms with Crippen LogP contribution in [0.3, 0.4) is 0 Å². The maximum Gasteiger partial charge on any atom is 0.410 e. The summed E-state index contributed by atoms with van der Waals surface area (Å²) in [6.07, 6.45) is 3.13. The lowest BCUT2D eigenvalue weighted by Crippen LogP contribution is -2.41. The first-order valence-corrected chi connectivity index (χ1v) is 7.00. The van der Waals surface area contributed by atoms with E-state index in [9.17, 15) is 4.79 Å². The Morgan fingerprint density at radius 1 is 1.38 bits per heavy atom. The summed E-state index contributed by atoms with van der Waals surface area (Å²) in [5.41, 5.74) is 0.461. The maximum absolute atomic E-state index is 12.1. The van der Waals surface area contributed by atoms with Crippen LogP contribution in [0.4, 0.5) is 4.79 Å². The molecule has 1 aliphatic rings. The quantitative estimate of drug-likeness (QED) is 0.810. The van der Waals surface area contributed by atoms with E-state index in [4.69, 9.17) is 9.15 Å². The van der Waals surface area contributed by atoms with Crippen molar-refractivity contribution in [3.05, 3.63) is 30.4 Å². The zero-order valence-corrected chi connectivity index (χ0v) is 12.5. The van der Waals surface area contributed by atoms with Gasteiger partial charge in [-0.15, -0.1) is 0 Å². The van der Waals surface area contributed by atoms with Crippen LogP contribution >= 0.6 is 0 Å². The van der Waals surface area contributed by atoms with Gasteiger partial charge in [-0.1, -0.05) is 0 Å². The van der Waals surface area contributed by atoms with E-state index in [0.717, 1.165) is 17.3 Å². The number of rotatable bonds is 1. The van der Waals surface area contributed by atoms with E-state index in [1.807, 2.05) is 32.9 Å². The molecule has 0 N–H and O–H groups in total. The van der Waals surface area contributed by atoms with Gasteiger partial charge in [-0.25, -0.2) is 9.78 Å². The number of hydrogen-bond donors (Lipinski definition) is 0. The van der Waals surface area contributed by atoms with E-state index in [1.54, 1.807) is 17.4 Å². The van der Waals surface area contributed by atoms with Gasteiger partial charge < -0.3 is 13.7 Å². The summed E-state index contributed by atoms with van der Waals surface area (Å²) in [6.45, 7) is 7.34. The van der Waals surface area contributed by atoms with Crippen LogP contribution in [0.1, 0.15) is 26.6 Å². The number of aromatic nitrogens is 2. The van der Waals surface area contributed by atoms with Gasteiger partial charge in [0.15, 0.2) is 5.76 Å². The second-order valence-corrected chi connectivity index (χ2v) is 6.09. The van der Waals surface area contributed by atoms with Crippen molar-refractivity contribution in [2.75, 3.05) is 6.54 Å². The molecule has 0 aromatic carbocycles. The van der Waals surface area contributed by atoms with E-state index in [0.29, 0.717) is 19.6 Å². The highest BCUT2D eigenvalue weighted by molar-refractivity contribution is 5.68. The lowest BCUT2D eigenvalue weighted by Gasteiger charge is -2.30. The Labute approximate surface area is 123 Å². The third kappa shape index (κ3) is 2.79. The van der Waals surface area contributed by atoms with Crippen molar-refractivity contribution in [2.45, 2.75) is 39.5 Å². The van der Waals surface area contributed by atoms with E-state index in [2.05, 4.69) is 9.55 Å². The number of amides is 1. The SMILES string of the molecule is CC(C)(C)OC(=O)N1CCn2c(-c3ccco3)cnc2C1. The monoisotopic (exact) mass is 289 g/mol. The van der Waals surface area contributed by atoms with Gasteiger partial charge in [0.2, 0.25) is 0 Å². The van der Waals surface area contributed by atoms with Crippen molar-refractivity contribution < 1.29 is 13.9 Å². The second-order valence-electron chi connectivity index (χ2n) is 6.09. The van der Waals surface area contributed by atoms with Gasteiger partial charge in [0.25, 0.3) is 0 Å². The predicted octanol–water partition coefficient (Wildman–Crippen LogP) is 2.89. The molecule has 2 aromatic heterocycles. The summed E-state index contributed by atoms with van der Waals surface area (Å²) in [5.74, 6) is 1.64. The van der Waals surface area contributed by atoms with Crippen LogP contribution in [0.5, 0.6) is 0 Å². The number of furan rings is 1. The molecule has 6 heteroatoms. The third-order valence-electron chi connectivity index (χ3n) is 3.29. The Hall–Kier alpha value is -2.24. The molecule has 21 heavy (non-hydrogen) atoms. The van der Waals surface area contributed by atoms with Crippen molar-refractivity contribution >= 4 is 6.09 Å². The number of fused-ring (bicyclic) bond motifs is 1. The molecule has 0 bridgehead atoms. The molecule has 0 radical (unpaired) electrons. The van der Waals surface area contributed by atoms with Gasteiger partial charge in [0.1, 0.15) is 17.1 Å². The minimum absolute atomic E-state index is 0.295. The van der Waals surface area contributed by atoms with Crippen LogP contribution in [0, 0.1) is 0 Å². The van der Waals surface area contributed by atoms with Crippen LogP contribution in [0.15, 0.2) is 29.0 Å². The van der Waals surface area contributed by atoms with E-state index < -0.39 is 5.60 Å². The molecule has 3 rings (SSSR count). The summed E-state index contributed by atoms with van der Waals surface area (Å²) in [6, 6.07) is 3.76. The summed E-state index contributed by atoms with van der Waals surface area (Å²) in [7, 11) is 0. The van der Waals surface area contributed by atoms with Crippen molar-refractivity contribution in [2.24, 2.45) is 0 Å². The first-order chi connectivity index (χ1) is 9.94. The second kappa shape index (κ2) is 4.95. The third-order valence-corrected chi connectivity index (χ3v) is 3.29. The van der Waals surface area contributed by atoms with Crippen molar-refractivity contribution in [1.29, 1.82) is 0 Å². The predicted molar refractivity (Wildman–Crippen MR) is 76.6 cm³/mol. The Morgan fingerprint density at radius 3 is 2.86 bits per heavy atom. The van der Waals surface area contributed by atoms with Gasteiger partial charge in [-0.05, 0) is 32.9 Å². The average Bonchev–Trinajstić information content (AvgIpc) is 3.04. The minimum atomic E-state index is -0.483. The minimum Gasteiger partial charge on any atom is -0.463 e. The standard InChI is InChI=1S/C15H19N3O3/c1-15(2,3)21-14(19)17-6-7-18-11(9-16-13(18)10-17)12-5-4-8-20-12/h4-5,8-9H,6-7,10H2,1-3H3. The molecule has 1 aliphatic heterocycles. The number of carbonyl (C=O) groups excluding carboxylic acids is 1. The van der Waals surface area contributed by atoms with Crippen LogP contribution in [0.25, 0.3) is 11.5 Å². The van der Waals surface area contributed by atoms with E-state index >= 15 is 0 Å². The number of imidazole rings is 1. The average molecular weight is 289 g/mol. The highest BCUT2D eigenvalue weighted by Crippen LogP contribution is 2.25. The number of carbonyl (C=O) groups is 1. The van der Waals surface area contributed by atoms with Crippen LogP contribution in [0.2, 0.25) is 0 Å². The zero-order chi connectivity index (χ0) is 15.0. The molecule has 2 aromatic rings. The Kier molecular flexibility index (Phi) is 3.23. The maximum atomic E-state index is 12.1. The number of hydrogen-bond acceptors (Lipinski definition) is 4. The number of nitrogens with zero attached hydrogens (tertiary/aromatic N) is 3. The summed E-state index contributed by atoms with van der Waals surface area (Å²) < 4.78 is 12.9. The highest BCUT2D eigenvalue weighted by atomic mass is 16.6. The summed E-state index contributed by atoms with van der Waals surface area (Å²) >= 11 is 0. The first-order valence-electron chi connectivity index (χ1n) is 7.00. The van der Waals surface area contributed by atoms with Crippen molar-refractivity contribution in [1.82, 2.24) is 14.5 Å². The topological polar surface area (TPSA) is 60.5 Å². The molecule has 0 atom stereocenters.